The van der Waals surface area contributed by atoms with Gasteiger partial charge in [-0.25, -0.2) is 18.4 Å². The second-order valence-corrected chi connectivity index (χ2v) is 11.2. The lowest BCUT2D eigenvalue weighted by atomic mass is 9.98. The van der Waals surface area contributed by atoms with Crippen LogP contribution in [-0.4, -0.2) is 57.1 Å². The highest BCUT2D eigenvalue weighted by molar-refractivity contribution is 7.91. The van der Waals surface area contributed by atoms with Crippen molar-refractivity contribution in [3.8, 4) is 11.5 Å². The maximum atomic E-state index is 12.9. The number of likely N-dealkylation sites (tertiary alicyclic amines) is 1. The lowest BCUT2D eigenvalue weighted by Gasteiger charge is -2.28. The second kappa shape index (κ2) is 10.7. The van der Waals surface area contributed by atoms with Crippen molar-refractivity contribution in [1.29, 1.82) is 0 Å². The maximum Gasteiger partial charge on any atom is 0.206 e. The van der Waals surface area contributed by atoms with Gasteiger partial charge in [-0.3, -0.25) is 0 Å². The van der Waals surface area contributed by atoms with Gasteiger partial charge in [-0.05, 0) is 87.4 Å². The number of sulfone groups is 1. The minimum Gasteiger partial charge on any atom is -0.491 e. The lowest BCUT2D eigenvalue weighted by molar-refractivity contribution is 0.157. The van der Waals surface area contributed by atoms with Gasteiger partial charge in [0.2, 0.25) is 9.84 Å². The van der Waals surface area contributed by atoms with E-state index in [1.807, 2.05) is 12.1 Å². The zero-order valence-electron chi connectivity index (χ0n) is 20.9. The Kier molecular flexibility index (Phi) is 7.25. The average molecular weight is 519 g/mol. The summed E-state index contributed by atoms with van der Waals surface area (Å²) in [4.78, 5) is 11.7. The third-order valence-corrected chi connectivity index (χ3v) is 8.51. The monoisotopic (exact) mass is 518 g/mol. The first-order chi connectivity index (χ1) is 18.0. The molecule has 1 aliphatic heterocycles. The van der Waals surface area contributed by atoms with Crippen LogP contribution in [0.3, 0.4) is 0 Å². The van der Waals surface area contributed by atoms with Gasteiger partial charge < -0.3 is 19.7 Å². The van der Waals surface area contributed by atoms with E-state index >= 15 is 0 Å². The van der Waals surface area contributed by atoms with Gasteiger partial charge in [-0.2, -0.15) is 0 Å². The van der Waals surface area contributed by atoms with Gasteiger partial charge in [0.25, 0.3) is 0 Å². The number of methoxy groups -OCH3 is 1. The van der Waals surface area contributed by atoms with Gasteiger partial charge in [0.15, 0.2) is 11.5 Å². The predicted molar refractivity (Wildman–Crippen MR) is 143 cm³/mol. The SMILES string of the molecule is COc1c(OCC2CCN(C)CC2)ccc2c(Nc3ccc(S(=O)(=O)c4ccccc4)cc3)ncnc12. The number of aromatic nitrogens is 2. The van der Waals surface area contributed by atoms with Crippen molar-refractivity contribution in [1.82, 2.24) is 14.9 Å². The van der Waals surface area contributed by atoms with Gasteiger partial charge in [-0.15, -0.1) is 0 Å². The summed E-state index contributed by atoms with van der Waals surface area (Å²) in [5.41, 5.74) is 1.35. The summed E-state index contributed by atoms with van der Waals surface area (Å²) >= 11 is 0. The van der Waals surface area contributed by atoms with Crippen LogP contribution in [0.15, 0.2) is 82.8 Å². The van der Waals surface area contributed by atoms with E-state index in [4.69, 9.17) is 9.47 Å². The van der Waals surface area contributed by atoms with E-state index in [0.29, 0.717) is 41.0 Å². The van der Waals surface area contributed by atoms with Crippen LogP contribution in [0.5, 0.6) is 11.5 Å². The minimum absolute atomic E-state index is 0.227. The Hall–Kier alpha value is -3.69. The second-order valence-electron chi connectivity index (χ2n) is 9.24. The fourth-order valence-corrected chi connectivity index (χ4v) is 5.80. The number of fused-ring (bicyclic) bond motifs is 1. The number of benzene rings is 3. The third-order valence-electron chi connectivity index (χ3n) is 6.72. The van der Waals surface area contributed by atoms with E-state index in [2.05, 4.69) is 27.2 Å². The lowest BCUT2D eigenvalue weighted by Crippen LogP contribution is -2.32. The molecule has 192 valence electrons. The molecule has 1 aromatic heterocycles. The molecule has 8 nitrogen and oxygen atoms in total. The molecule has 1 N–H and O–H groups in total. The van der Waals surface area contributed by atoms with E-state index in [0.717, 1.165) is 31.3 Å². The largest absolute Gasteiger partial charge is 0.491 e. The molecule has 0 unspecified atom stereocenters. The molecule has 0 atom stereocenters. The first-order valence-electron chi connectivity index (χ1n) is 12.3. The molecule has 9 heteroatoms. The molecule has 3 aromatic carbocycles. The summed E-state index contributed by atoms with van der Waals surface area (Å²) in [5.74, 6) is 2.34. The number of ether oxygens (including phenoxy) is 2. The molecule has 0 saturated carbocycles. The van der Waals surface area contributed by atoms with Crippen LogP contribution in [-0.2, 0) is 9.84 Å². The van der Waals surface area contributed by atoms with Crippen LogP contribution < -0.4 is 14.8 Å². The van der Waals surface area contributed by atoms with Crippen LogP contribution >= 0.6 is 0 Å². The molecule has 1 fully saturated rings. The number of anilines is 2. The average Bonchev–Trinajstić information content (AvgIpc) is 2.93. The molecule has 2 heterocycles. The summed E-state index contributed by atoms with van der Waals surface area (Å²) in [6, 6.07) is 18.8. The Bertz CT molecular complexity index is 1470. The highest BCUT2D eigenvalue weighted by Gasteiger charge is 2.20. The molecule has 0 radical (unpaired) electrons. The molecule has 4 aromatic rings. The standard InChI is InChI=1S/C28H30N4O4S/c1-32-16-14-20(15-17-32)18-36-25-13-12-24-26(27(25)35-2)29-19-30-28(24)31-21-8-10-23(11-9-21)37(33,34)22-6-4-3-5-7-22/h3-13,19-20H,14-18H2,1-2H3,(H,29,30,31). The first kappa shape index (κ1) is 25.0. The Morgan fingerprint density at radius 2 is 1.65 bits per heavy atom. The van der Waals surface area contributed by atoms with Gasteiger partial charge in [0, 0.05) is 11.1 Å². The van der Waals surface area contributed by atoms with Crippen LogP contribution in [0.25, 0.3) is 10.9 Å². The van der Waals surface area contributed by atoms with Crippen LogP contribution in [0.4, 0.5) is 11.5 Å². The number of nitrogens with zero attached hydrogens (tertiary/aromatic N) is 3. The zero-order chi connectivity index (χ0) is 25.8. The molecular weight excluding hydrogens is 488 g/mol. The third kappa shape index (κ3) is 5.38. The Balaban J connectivity index is 1.36. The summed E-state index contributed by atoms with van der Waals surface area (Å²) in [6.07, 6.45) is 3.71. The fraction of sp³-hybridized carbons (Fsp3) is 0.286. The molecule has 0 aliphatic carbocycles. The van der Waals surface area contributed by atoms with Crippen molar-refractivity contribution in [3.05, 3.63) is 73.1 Å². The number of piperidine rings is 1. The van der Waals surface area contributed by atoms with Crippen molar-refractivity contribution in [2.24, 2.45) is 5.92 Å². The first-order valence-corrected chi connectivity index (χ1v) is 13.7. The Labute approximate surface area is 217 Å². The van der Waals surface area contributed by atoms with Crippen molar-refractivity contribution < 1.29 is 17.9 Å². The summed E-state index contributed by atoms with van der Waals surface area (Å²) in [6.45, 7) is 2.82. The number of rotatable bonds is 8. The summed E-state index contributed by atoms with van der Waals surface area (Å²) < 4.78 is 37.6. The maximum absolute atomic E-state index is 12.9. The van der Waals surface area contributed by atoms with Crippen molar-refractivity contribution in [2.45, 2.75) is 22.6 Å². The number of nitrogens with one attached hydrogen (secondary N) is 1. The van der Waals surface area contributed by atoms with E-state index in [1.165, 1.54) is 6.33 Å². The molecule has 1 saturated heterocycles. The van der Waals surface area contributed by atoms with Gasteiger partial charge in [0.1, 0.15) is 17.7 Å². The van der Waals surface area contributed by atoms with Crippen molar-refractivity contribution in [3.63, 3.8) is 0 Å². The topological polar surface area (TPSA) is 93.7 Å². The van der Waals surface area contributed by atoms with E-state index in [-0.39, 0.29) is 9.79 Å². The molecule has 0 spiro atoms. The Morgan fingerprint density at radius 1 is 0.946 bits per heavy atom. The van der Waals surface area contributed by atoms with Gasteiger partial charge >= 0.3 is 0 Å². The zero-order valence-corrected chi connectivity index (χ0v) is 21.7. The Morgan fingerprint density at radius 3 is 2.35 bits per heavy atom. The van der Waals surface area contributed by atoms with Crippen LogP contribution in [0, 0.1) is 5.92 Å². The molecule has 37 heavy (non-hydrogen) atoms. The van der Waals surface area contributed by atoms with Crippen molar-refractivity contribution >= 4 is 32.2 Å². The molecule has 5 rings (SSSR count). The normalized spacial score (nSPS) is 15.0. The quantitative estimate of drug-likeness (QED) is 0.351. The summed E-state index contributed by atoms with van der Waals surface area (Å²) in [7, 11) is 0.178. The van der Waals surface area contributed by atoms with E-state index in [1.54, 1.807) is 61.7 Å². The van der Waals surface area contributed by atoms with Crippen molar-refractivity contribution in [2.75, 3.05) is 39.2 Å². The van der Waals surface area contributed by atoms with Crippen LogP contribution in [0.2, 0.25) is 0 Å². The smallest absolute Gasteiger partial charge is 0.206 e. The summed E-state index contributed by atoms with van der Waals surface area (Å²) in [5, 5.41) is 4.05. The molecule has 0 bridgehead atoms. The molecular formula is C28H30N4O4S. The van der Waals surface area contributed by atoms with Crippen LogP contribution in [0.1, 0.15) is 12.8 Å². The highest BCUT2D eigenvalue weighted by atomic mass is 32.2. The van der Waals surface area contributed by atoms with Gasteiger partial charge in [-0.1, -0.05) is 18.2 Å². The highest BCUT2D eigenvalue weighted by Crippen LogP contribution is 2.37. The number of hydrogen-bond donors (Lipinski definition) is 1. The minimum atomic E-state index is -3.58. The van der Waals surface area contributed by atoms with Gasteiger partial charge in [0.05, 0.1) is 23.5 Å². The fourth-order valence-electron chi connectivity index (χ4n) is 4.52. The molecule has 1 aliphatic rings. The predicted octanol–water partition coefficient (Wildman–Crippen LogP) is 4.94. The van der Waals surface area contributed by atoms with E-state index < -0.39 is 9.84 Å². The number of hydrogen-bond acceptors (Lipinski definition) is 8. The van der Waals surface area contributed by atoms with E-state index in [9.17, 15) is 8.42 Å². The molecule has 0 amide bonds.